The van der Waals surface area contributed by atoms with E-state index in [0.717, 1.165) is 22.0 Å². The van der Waals surface area contributed by atoms with Crippen molar-refractivity contribution in [2.75, 3.05) is 5.75 Å². The molecule has 0 unspecified atom stereocenters. The first-order valence-electron chi connectivity index (χ1n) is 8.54. The highest BCUT2D eigenvalue weighted by Crippen LogP contribution is 2.28. The third-order valence-corrected chi connectivity index (χ3v) is 5.34. The summed E-state index contributed by atoms with van der Waals surface area (Å²) in [7, 11) is 0. The number of hydrogen-bond donors (Lipinski definition) is 1. The second-order valence-electron chi connectivity index (χ2n) is 6.22. The molecule has 5 heteroatoms. The van der Waals surface area contributed by atoms with Gasteiger partial charge in [0.05, 0.1) is 30.3 Å². The molecule has 4 nitrogen and oxygen atoms in total. The van der Waals surface area contributed by atoms with Crippen molar-refractivity contribution in [3.05, 3.63) is 83.2 Å². The highest BCUT2D eigenvalue weighted by atomic mass is 32.2. The number of aryl methyl sites for hydroxylation is 1. The number of Topliss-reactive ketones (excluding diaryl/α,β-unsaturated/α-hetero) is 1. The second kappa shape index (κ2) is 8.34. The lowest BCUT2D eigenvalue weighted by Crippen LogP contribution is -2.12. The number of rotatable bonds is 7. The molecule has 0 radical (unpaired) electrons. The van der Waals surface area contributed by atoms with Crippen LogP contribution >= 0.6 is 11.8 Å². The largest absolute Gasteiger partial charge is 0.390 e. The Morgan fingerprint density at radius 1 is 1.15 bits per heavy atom. The van der Waals surface area contributed by atoms with Crippen LogP contribution in [0.25, 0.3) is 0 Å². The third-order valence-electron chi connectivity index (χ3n) is 4.38. The molecule has 1 aromatic heterocycles. The van der Waals surface area contributed by atoms with Crippen LogP contribution in [-0.4, -0.2) is 26.2 Å². The minimum atomic E-state index is -0.0867. The average molecular weight is 366 g/mol. The molecule has 0 bridgehead atoms. The Morgan fingerprint density at radius 2 is 1.85 bits per heavy atom. The molecule has 3 rings (SSSR count). The smallest absolute Gasteiger partial charge is 0.173 e. The zero-order chi connectivity index (χ0) is 18.5. The van der Waals surface area contributed by atoms with Gasteiger partial charge in [0, 0.05) is 5.56 Å². The molecule has 3 aromatic rings. The maximum Gasteiger partial charge on any atom is 0.173 e. The number of carbonyl (C=O) groups is 1. The van der Waals surface area contributed by atoms with Crippen LogP contribution in [0.1, 0.15) is 40.1 Å². The van der Waals surface area contributed by atoms with Gasteiger partial charge in [-0.2, -0.15) is 0 Å². The predicted octanol–water partition coefficient (Wildman–Crippen LogP) is 4.27. The molecule has 0 saturated carbocycles. The summed E-state index contributed by atoms with van der Waals surface area (Å²) in [5.41, 5.74) is 3.72. The molecule has 1 heterocycles. The van der Waals surface area contributed by atoms with E-state index in [1.54, 1.807) is 6.20 Å². The van der Waals surface area contributed by atoms with E-state index in [1.807, 2.05) is 54.0 Å². The van der Waals surface area contributed by atoms with Crippen molar-refractivity contribution in [1.82, 2.24) is 9.55 Å². The number of thioether (sulfide) groups is 1. The van der Waals surface area contributed by atoms with Crippen molar-refractivity contribution < 1.29 is 9.90 Å². The molecule has 134 valence electrons. The molecular formula is C21H22N2O2S. The van der Waals surface area contributed by atoms with Gasteiger partial charge in [0.2, 0.25) is 0 Å². The van der Waals surface area contributed by atoms with Crippen LogP contribution in [0, 0.1) is 6.92 Å². The van der Waals surface area contributed by atoms with E-state index in [0.29, 0.717) is 11.3 Å². The molecule has 1 N–H and O–H groups in total. The van der Waals surface area contributed by atoms with Gasteiger partial charge in [-0.3, -0.25) is 4.79 Å². The van der Waals surface area contributed by atoms with Crippen molar-refractivity contribution in [1.29, 1.82) is 0 Å². The van der Waals surface area contributed by atoms with Crippen LogP contribution in [0.4, 0.5) is 0 Å². The van der Waals surface area contributed by atoms with Gasteiger partial charge in [-0.25, -0.2) is 4.98 Å². The van der Waals surface area contributed by atoms with Crippen molar-refractivity contribution in [3.63, 3.8) is 0 Å². The Balaban J connectivity index is 1.79. The second-order valence-corrected chi connectivity index (χ2v) is 7.17. The van der Waals surface area contributed by atoms with Crippen LogP contribution in [-0.2, 0) is 6.61 Å². The Kier molecular flexibility index (Phi) is 5.91. The summed E-state index contributed by atoms with van der Waals surface area (Å²) in [6, 6.07) is 17.7. The summed E-state index contributed by atoms with van der Waals surface area (Å²) in [5, 5.41) is 10.4. The zero-order valence-electron chi connectivity index (χ0n) is 14.9. The number of aliphatic hydroxyl groups is 1. The Bertz CT molecular complexity index is 873. The van der Waals surface area contributed by atoms with E-state index in [2.05, 4.69) is 24.0 Å². The fraction of sp³-hybridized carbons (Fsp3) is 0.238. The number of nitrogens with zero attached hydrogens (tertiary/aromatic N) is 2. The number of hydrogen-bond acceptors (Lipinski definition) is 4. The SMILES string of the molecule is Cc1ccc(C(=O)CSc2ncc(CO)n2[C@H](C)c2ccccc2)cc1. The van der Waals surface area contributed by atoms with E-state index in [9.17, 15) is 9.90 Å². The Morgan fingerprint density at radius 3 is 2.50 bits per heavy atom. The molecular weight excluding hydrogens is 344 g/mol. The summed E-state index contributed by atoms with van der Waals surface area (Å²) in [5.74, 6) is 0.384. The molecule has 0 saturated heterocycles. The molecule has 0 spiro atoms. The number of ketones is 1. The standard InChI is InChI=1S/C21H22N2O2S/c1-15-8-10-18(11-9-15)20(25)14-26-21-22-12-19(13-24)23(21)16(2)17-6-4-3-5-7-17/h3-12,16,24H,13-14H2,1-2H3/t16-/m1/s1. The first kappa shape index (κ1) is 18.4. The summed E-state index contributed by atoms with van der Waals surface area (Å²) < 4.78 is 2.00. The maximum absolute atomic E-state index is 12.4. The van der Waals surface area contributed by atoms with Gasteiger partial charge in [0.15, 0.2) is 10.9 Å². The van der Waals surface area contributed by atoms with Crippen molar-refractivity contribution >= 4 is 17.5 Å². The highest BCUT2D eigenvalue weighted by Gasteiger charge is 2.18. The number of carbonyl (C=O) groups excluding carboxylic acids is 1. The van der Waals surface area contributed by atoms with E-state index in [4.69, 9.17) is 0 Å². The summed E-state index contributed by atoms with van der Waals surface area (Å²) >= 11 is 1.40. The predicted molar refractivity (Wildman–Crippen MR) is 105 cm³/mol. The summed E-state index contributed by atoms with van der Waals surface area (Å²) in [6.45, 7) is 3.99. The monoisotopic (exact) mass is 366 g/mol. The molecule has 1 atom stereocenters. The fourth-order valence-electron chi connectivity index (χ4n) is 2.85. The van der Waals surface area contributed by atoms with Gasteiger partial charge >= 0.3 is 0 Å². The van der Waals surface area contributed by atoms with Gasteiger partial charge in [-0.1, -0.05) is 71.9 Å². The number of aliphatic hydroxyl groups excluding tert-OH is 1. The number of benzene rings is 2. The van der Waals surface area contributed by atoms with Crippen molar-refractivity contribution in [3.8, 4) is 0 Å². The van der Waals surface area contributed by atoms with Crippen LogP contribution < -0.4 is 0 Å². The lowest BCUT2D eigenvalue weighted by Gasteiger charge is -2.19. The average Bonchev–Trinajstić information content (AvgIpc) is 3.09. The van der Waals surface area contributed by atoms with Gasteiger partial charge in [0.25, 0.3) is 0 Å². The number of imidazole rings is 1. The molecule has 0 aliphatic rings. The van der Waals surface area contributed by atoms with Crippen molar-refractivity contribution in [2.45, 2.75) is 31.7 Å². The van der Waals surface area contributed by atoms with Gasteiger partial charge in [-0.05, 0) is 19.4 Å². The van der Waals surface area contributed by atoms with Gasteiger partial charge in [-0.15, -0.1) is 0 Å². The highest BCUT2D eigenvalue weighted by molar-refractivity contribution is 7.99. The first-order chi connectivity index (χ1) is 12.6. The van der Waals surface area contributed by atoms with Crippen molar-refractivity contribution in [2.24, 2.45) is 0 Å². The first-order valence-corrected chi connectivity index (χ1v) is 9.53. The lowest BCUT2D eigenvalue weighted by atomic mass is 10.1. The molecule has 0 amide bonds. The van der Waals surface area contributed by atoms with Crippen LogP contribution in [0.5, 0.6) is 0 Å². The van der Waals surface area contributed by atoms with E-state index in [1.165, 1.54) is 11.8 Å². The molecule has 26 heavy (non-hydrogen) atoms. The Hall–Kier alpha value is -2.37. The molecule has 0 fully saturated rings. The number of aromatic nitrogens is 2. The third kappa shape index (κ3) is 4.06. The quantitative estimate of drug-likeness (QED) is 0.501. The summed E-state index contributed by atoms with van der Waals surface area (Å²) in [6.07, 6.45) is 1.68. The minimum Gasteiger partial charge on any atom is -0.390 e. The topological polar surface area (TPSA) is 55.1 Å². The van der Waals surface area contributed by atoms with Crippen LogP contribution in [0.3, 0.4) is 0 Å². The van der Waals surface area contributed by atoms with Gasteiger partial charge in [0.1, 0.15) is 0 Å². The van der Waals surface area contributed by atoms with E-state index >= 15 is 0 Å². The molecule has 0 aliphatic heterocycles. The molecule has 0 aliphatic carbocycles. The van der Waals surface area contributed by atoms with E-state index in [-0.39, 0.29) is 18.4 Å². The fourth-order valence-corrected chi connectivity index (χ4v) is 3.82. The Labute approximate surface area is 157 Å². The lowest BCUT2D eigenvalue weighted by molar-refractivity contribution is 0.102. The molecule has 2 aromatic carbocycles. The van der Waals surface area contributed by atoms with Crippen LogP contribution in [0.15, 0.2) is 66.0 Å². The normalized spacial score (nSPS) is 12.1. The zero-order valence-corrected chi connectivity index (χ0v) is 15.7. The van der Waals surface area contributed by atoms with Crippen LogP contribution in [0.2, 0.25) is 0 Å². The van der Waals surface area contributed by atoms with Gasteiger partial charge < -0.3 is 9.67 Å². The minimum absolute atomic E-state index is 0.0258. The maximum atomic E-state index is 12.4. The van der Waals surface area contributed by atoms with E-state index < -0.39 is 0 Å². The summed E-state index contributed by atoms with van der Waals surface area (Å²) in [4.78, 5) is 16.9.